The zero-order valence-corrected chi connectivity index (χ0v) is 24.9. The number of carbonyl (C=O) groups excluding carboxylic acids is 2. The minimum absolute atomic E-state index is 0.0213. The number of anilines is 1. The van der Waals surface area contributed by atoms with E-state index in [1.54, 1.807) is 73.7 Å². The predicted octanol–water partition coefficient (Wildman–Crippen LogP) is 5.88. The maximum absolute atomic E-state index is 14.0. The Morgan fingerprint density at radius 1 is 0.833 bits per heavy atom. The standard InChI is InChI=1S/C32H32ClN3O5S/c1-3-30(32(38)34-2)35(22-24-12-10-11-17-29(24)33)31(37)23-36(42(39,40)28-15-8-5-9-16-28)25-18-20-27(21-19-25)41-26-13-6-4-7-14-26/h4-21,30H,3,22-23H2,1-2H3,(H,34,38)/t30-/m1/s1. The SMILES string of the molecule is CC[C@H](C(=O)NC)N(Cc1ccccc1Cl)C(=O)CN(c1ccc(Oc2ccccc2)cc1)S(=O)(=O)c1ccccc1. The van der Waals surface area contributed by atoms with Crippen LogP contribution in [0.25, 0.3) is 0 Å². The molecule has 2 amide bonds. The molecule has 10 heteroatoms. The fraction of sp³-hybridized carbons (Fsp3) is 0.188. The molecule has 42 heavy (non-hydrogen) atoms. The topological polar surface area (TPSA) is 96.0 Å². The first-order chi connectivity index (χ1) is 20.2. The molecule has 218 valence electrons. The monoisotopic (exact) mass is 605 g/mol. The van der Waals surface area contributed by atoms with Crippen molar-refractivity contribution in [3.63, 3.8) is 0 Å². The lowest BCUT2D eigenvalue weighted by molar-refractivity contribution is -0.140. The van der Waals surface area contributed by atoms with Gasteiger partial charge in [0.05, 0.1) is 10.6 Å². The molecule has 0 saturated heterocycles. The molecule has 0 aliphatic heterocycles. The summed E-state index contributed by atoms with van der Waals surface area (Å²) in [6.45, 7) is 1.26. The Kier molecular flexibility index (Phi) is 10.2. The lowest BCUT2D eigenvalue weighted by Crippen LogP contribution is -2.51. The number of likely N-dealkylation sites (N-methyl/N-ethyl adjacent to an activating group) is 1. The molecule has 0 fully saturated rings. The Morgan fingerprint density at radius 2 is 1.40 bits per heavy atom. The molecule has 0 bridgehead atoms. The molecule has 4 aromatic carbocycles. The second kappa shape index (κ2) is 14.0. The van der Waals surface area contributed by atoms with E-state index in [2.05, 4.69) is 5.32 Å². The summed E-state index contributed by atoms with van der Waals surface area (Å²) < 4.78 is 34.8. The van der Waals surface area contributed by atoms with Crippen molar-refractivity contribution in [2.24, 2.45) is 0 Å². The number of rotatable bonds is 12. The summed E-state index contributed by atoms with van der Waals surface area (Å²) in [7, 11) is -2.68. The molecular formula is C32H32ClN3O5S. The van der Waals surface area contributed by atoms with Crippen molar-refractivity contribution in [3.05, 3.63) is 120 Å². The van der Waals surface area contributed by atoms with Gasteiger partial charge in [-0.05, 0) is 66.6 Å². The number of benzene rings is 4. The van der Waals surface area contributed by atoms with Crippen LogP contribution in [0.3, 0.4) is 0 Å². The normalized spacial score (nSPS) is 11.8. The molecular weight excluding hydrogens is 574 g/mol. The summed E-state index contributed by atoms with van der Waals surface area (Å²) >= 11 is 6.40. The average Bonchev–Trinajstić information content (AvgIpc) is 3.01. The van der Waals surface area contributed by atoms with Crippen LogP contribution in [0.15, 0.2) is 114 Å². The quantitative estimate of drug-likeness (QED) is 0.218. The molecule has 0 heterocycles. The van der Waals surface area contributed by atoms with E-state index in [9.17, 15) is 18.0 Å². The van der Waals surface area contributed by atoms with Gasteiger partial charge >= 0.3 is 0 Å². The fourth-order valence-electron chi connectivity index (χ4n) is 4.45. The van der Waals surface area contributed by atoms with Gasteiger partial charge in [-0.25, -0.2) is 8.42 Å². The Labute approximate surface area is 251 Å². The molecule has 0 spiro atoms. The van der Waals surface area contributed by atoms with E-state index in [0.29, 0.717) is 28.5 Å². The third-order valence-electron chi connectivity index (χ3n) is 6.64. The lowest BCUT2D eigenvalue weighted by Gasteiger charge is -2.33. The number of nitrogens with one attached hydrogen (secondary N) is 1. The van der Waals surface area contributed by atoms with Gasteiger partial charge in [0.2, 0.25) is 11.8 Å². The zero-order chi connectivity index (χ0) is 30.1. The number of carbonyl (C=O) groups is 2. The van der Waals surface area contributed by atoms with Gasteiger partial charge in [-0.3, -0.25) is 13.9 Å². The highest BCUT2D eigenvalue weighted by molar-refractivity contribution is 7.92. The summed E-state index contributed by atoms with van der Waals surface area (Å²) in [6, 6.07) is 29.7. The molecule has 0 saturated carbocycles. The van der Waals surface area contributed by atoms with Gasteiger partial charge in [-0.2, -0.15) is 0 Å². The third-order valence-corrected chi connectivity index (χ3v) is 8.80. The molecule has 8 nitrogen and oxygen atoms in total. The van der Waals surface area contributed by atoms with Gasteiger partial charge in [0, 0.05) is 18.6 Å². The van der Waals surface area contributed by atoms with Crippen LogP contribution in [0.5, 0.6) is 11.5 Å². The Morgan fingerprint density at radius 3 is 2.00 bits per heavy atom. The number of amides is 2. The largest absolute Gasteiger partial charge is 0.457 e. The molecule has 4 aromatic rings. The van der Waals surface area contributed by atoms with E-state index < -0.39 is 28.5 Å². The van der Waals surface area contributed by atoms with Gasteiger partial charge in [-0.15, -0.1) is 0 Å². The van der Waals surface area contributed by atoms with E-state index in [4.69, 9.17) is 16.3 Å². The van der Waals surface area contributed by atoms with Crippen molar-refractivity contribution >= 4 is 39.1 Å². The third kappa shape index (κ3) is 7.29. The summed E-state index contributed by atoms with van der Waals surface area (Å²) in [5.74, 6) is 0.204. The van der Waals surface area contributed by atoms with Crippen LogP contribution < -0.4 is 14.4 Å². The number of nitrogens with zero attached hydrogens (tertiary/aromatic N) is 2. The van der Waals surface area contributed by atoms with Crippen molar-refractivity contribution in [2.45, 2.75) is 30.8 Å². The summed E-state index contributed by atoms with van der Waals surface area (Å²) in [5, 5.41) is 3.04. The van der Waals surface area contributed by atoms with Crippen LogP contribution in [0.1, 0.15) is 18.9 Å². The van der Waals surface area contributed by atoms with Crippen LogP contribution in [-0.2, 0) is 26.2 Å². The van der Waals surface area contributed by atoms with Gasteiger partial charge < -0.3 is 15.0 Å². The number of halogens is 1. The highest BCUT2D eigenvalue weighted by Crippen LogP contribution is 2.29. The molecule has 1 N–H and O–H groups in total. The molecule has 0 unspecified atom stereocenters. The van der Waals surface area contributed by atoms with Gasteiger partial charge in [0.15, 0.2) is 0 Å². The van der Waals surface area contributed by atoms with Crippen molar-refractivity contribution < 1.29 is 22.7 Å². The number of ether oxygens (including phenoxy) is 1. The smallest absolute Gasteiger partial charge is 0.264 e. The maximum atomic E-state index is 14.0. The molecule has 0 radical (unpaired) electrons. The van der Waals surface area contributed by atoms with E-state index in [-0.39, 0.29) is 23.0 Å². The predicted molar refractivity (Wildman–Crippen MR) is 164 cm³/mol. The second-order valence-electron chi connectivity index (χ2n) is 9.39. The Balaban J connectivity index is 1.72. The van der Waals surface area contributed by atoms with Gasteiger partial charge in [0.25, 0.3) is 10.0 Å². The first kappa shape index (κ1) is 30.6. The van der Waals surface area contributed by atoms with Gasteiger partial charge in [0.1, 0.15) is 24.1 Å². The number of hydrogen-bond donors (Lipinski definition) is 1. The highest BCUT2D eigenvalue weighted by Gasteiger charge is 2.33. The zero-order valence-electron chi connectivity index (χ0n) is 23.3. The summed E-state index contributed by atoms with van der Waals surface area (Å²) in [4.78, 5) is 28.3. The minimum Gasteiger partial charge on any atom is -0.457 e. The average molecular weight is 606 g/mol. The van der Waals surface area contributed by atoms with Crippen LogP contribution >= 0.6 is 11.6 Å². The fourth-order valence-corrected chi connectivity index (χ4v) is 6.08. The maximum Gasteiger partial charge on any atom is 0.264 e. The van der Waals surface area contributed by atoms with Crippen molar-refractivity contribution in [1.29, 1.82) is 0 Å². The van der Waals surface area contributed by atoms with E-state index in [1.807, 2.05) is 30.3 Å². The molecule has 0 aliphatic rings. The van der Waals surface area contributed by atoms with Crippen molar-refractivity contribution in [1.82, 2.24) is 10.2 Å². The summed E-state index contributed by atoms with van der Waals surface area (Å²) in [6.07, 6.45) is 0.312. The first-order valence-corrected chi connectivity index (χ1v) is 15.2. The molecule has 0 aliphatic carbocycles. The highest BCUT2D eigenvalue weighted by atomic mass is 35.5. The number of sulfonamides is 1. The number of para-hydroxylation sites is 1. The molecule has 0 aromatic heterocycles. The van der Waals surface area contributed by atoms with Crippen LogP contribution in [0, 0.1) is 0 Å². The lowest BCUT2D eigenvalue weighted by atomic mass is 10.1. The van der Waals surface area contributed by atoms with Crippen LogP contribution in [-0.4, -0.2) is 44.8 Å². The van der Waals surface area contributed by atoms with E-state index in [0.717, 1.165) is 4.31 Å². The van der Waals surface area contributed by atoms with Crippen LogP contribution in [0.4, 0.5) is 5.69 Å². The van der Waals surface area contributed by atoms with Gasteiger partial charge in [-0.1, -0.05) is 73.1 Å². The Bertz CT molecular complexity index is 1600. The van der Waals surface area contributed by atoms with Crippen molar-refractivity contribution in [3.8, 4) is 11.5 Å². The Hall–Kier alpha value is -4.34. The molecule has 1 atom stereocenters. The second-order valence-corrected chi connectivity index (χ2v) is 11.7. The first-order valence-electron chi connectivity index (χ1n) is 13.4. The molecule has 4 rings (SSSR count). The van der Waals surface area contributed by atoms with Crippen molar-refractivity contribution in [2.75, 3.05) is 17.9 Å². The van der Waals surface area contributed by atoms with E-state index >= 15 is 0 Å². The van der Waals surface area contributed by atoms with E-state index in [1.165, 1.54) is 24.1 Å². The van der Waals surface area contributed by atoms with Crippen LogP contribution in [0.2, 0.25) is 5.02 Å². The summed E-state index contributed by atoms with van der Waals surface area (Å²) in [5.41, 5.74) is 0.896. The minimum atomic E-state index is -4.18. The number of hydrogen-bond acceptors (Lipinski definition) is 5.